The lowest BCUT2D eigenvalue weighted by atomic mass is 10.0. The maximum absolute atomic E-state index is 12.9. The molecule has 2 amide bonds. The van der Waals surface area contributed by atoms with Gasteiger partial charge in [-0.15, -0.1) is 0 Å². The molecule has 11 heteroatoms. The van der Waals surface area contributed by atoms with E-state index in [-0.39, 0.29) is 17.7 Å². The second-order valence-electron chi connectivity index (χ2n) is 16.1. The Balaban J connectivity index is 0.890. The van der Waals surface area contributed by atoms with E-state index in [1.807, 2.05) is 59.5 Å². The van der Waals surface area contributed by atoms with Gasteiger partial charge in [0.25, 0.3) is 0 Å². The highest BCUT2D eigenvalue weighted by atomic mass is 28.4. The first-order chi connectivity index (χ1) is 28.6. The molecule has 0 aliphatic carbocycles. The lowest BCUT2D eigenvalue weighted by Crippen LogP contribution is -2.68. The lowest BCUT2D eigenvalue weighted by Gasteiger charge is -2.43. The number of piperidine rings is 1. The highest BCUT2D eigenvalue weighted by Crippen LogP contribution is 2.38. The molecule has 4 N–H and O–H groups in total. The lowest BCUT2D eigenvalue weighted by molar-refractivity contribution is 0.106. The first kappa shape index (κ1) is 43.1. The Bertz CT molecular complexity index is 2000. The zero-order chi connectivity index (χ0) is 41.7. The monoisotopic (exact) mass is 816 g/mol. The number of urea groups is 1. The van der Waals surface area contributed by atoms with Crippen LogP contribution in [-0.2, 0) is 13.0 Å². The number of carbonyl (C=O) groups excluding carboxylic acids is 1. The minimum Gasteiger partial charge on any atom is -0.534 e. The summed E-state index contributed by atoms with van der Waals surface area (Å²) in [6, 6.07) is 43.3. The number of nitrogens with zero attached hydrogens (tertiary/aromatic N) is 1. The number of aliphatic hydroxyl groups excluding tert-OH is 1. The third kappa shape index (κ3) is 11.2. The molecule has 0 aromatic heterocycles. The second kappa shape index (κ2) is 20.5. The number of benzene rings is 5. The van der Waals surface area contributed by atoms with Gasteiger partial charge in [0.05, 0.1) is 14.2 Å². The van der Waals surface area contributed by atoms with E-state index in [1.54, 1.807) is 14.2 Å². The van der Waals surface area contributed by atoms with E-state index >= 15 is 0 Å². The van der Waals surface area contributed by atoms with Crippen LogP contribution in [0.25, 0.3) is 0 Å². The molecule has 0 saturated carbocycles. The van der Waals surface area contributed by atoms with Crippen molar-refractivity contribution in [2.75, 3.05) is 52.3 Å². The van der Waals surface area contributed by atoms with E-state index in [9.17, 15) is 9.90 Å². The van der Waals surface area contributed by atoms with Crippen LogP contribution in [0.3, 0.4) is 0 Å². The number of ether oxygens (including phenoxy) is 3. The summed E-state index contributed by atoms with van der Waals surface area (Å²) in [5, 5.41) is 23.0. The van der Waals surface area contributed by atoms with Gasteiger partial charge in [0.15, 0.2) is 11.5 Å². The summed E-state index contributed by atoms with van der Waals surface area (Å²) in [5.74, 6) is 2.76. The number of hydrogen-bond acceptors (Lipinski definition) is 8. The van der Waals surface area contributed by atoms with Crippen molar-refractivity contribution in [3.63, 3.8) is 0 Å². The fraction of sp³-hybridized carbons (Fsp3) is 0.354. The summed E-state index contributed by atoms with van der Waals surface area (Å²) < 4.78 is 23.9. The molecule has 312 valence electrons. The van der Waals surface area contributed by atoms with Gasteiger partial charge < -0.3 is 44.6 Å². The molecule has 6 rings (SSSR count). The second-order valence-corrected chi connectivity index (χ2v) is 20.3. The van der Waals surface area contributed by atoms with Gasteiger partial charge in [-0.05, 0) is 89.2 Å². The predicted octanol–water partition coefficient (Wildman–Crippen LogP) is 7.00. The molecule has 5 aromatic rings. The van der Waals surface area contributed by atoms with Crippen LogP contribution in [0.5, 0.6) is 23.0 Å². The van der Waals surface area contributed by atoms with Gasteiger partial charge in [0.2, 0.25) is 0 Å². The van der Waals surface area contributed by atoms with Crippen LogP contribution >= 0.6 is 0 Å². The molecule has 1 atom stereocenters. The molecule has 0 unspecified atom stereocenters. The first-order valence-corrected chi connectivity index (χ1v) is 22.5. The number of anilines is 1. The van der Waals surface area contributed by atoms with Crippen molar-refractivity contribution in [2.45, 2.75) is 63.8 Å². The Morgan fingerprint density at radius 3 is 2.02 bits per heavy atom. The minimum atomic E-state index is -2.73. The van der Waals surface area contributed by atoms with E-state index in [0.29, 0.717) is 49.5 Å². The molecule has 0 radical (unpaired) electrons. The molecule has 1 saturated heterocycles. The van der Waals surface area contributed by atoms with Crippen LogP contribution in [0.15, 0.2) is 127 Å². The number of methoxy groups -OCH3 is 2. The summed E-state index contributed by atoms with van der Waals surface area (Å²) in [6.45, 7) is 9.89. The number of hydrogen-bond donors (Lipinski definition) is 4. The van der Waals surface area contributed by atoms with Crippen molar-refractivity contribution in [2.24, 2.45) is 0 Å². The number of likely N-dealkylation sites (tertiary alicyclic amines) is 1. The van der Waals surface area contributed by atoms with Crippen LogP contribution in [-0.4, -0.2) is 83.5 Å². The third-order valence-electron chi connectivity index (χ3n) is 10.9. The standard InChI is InChI=1S/C48H60N4O6Si/c1-48(2,3)59(43-14-8-6-9-15-43,44-16-10-7-11-17-44)58-42-25-23-41(24-26-42)57-35-40(53)34-49-30-27-36-19-21-38(22-20-36)51-39-28-31-52(32-29-39)47(54)50-33-37-13-12-18-45(55-4)46(37)56-5/h6-26,39-40,49,51,53H,27-35H2,1-5H3,(H,50,54)/t40-/m0/s1. The molecule has 0 bridgehead atoms. The Morgan fingerprint density at radius 1 is 0.797 bits per heavy atom. The summed E-state index contributed by atoms with van der Waals surface area (Å²) >= 11 is 0. The van der Waals surface area contributed by atoms with Gasteiger partial charge in [-0.3, -0.25) is 0 Å². The van der Waals surface area contributed by atoms with Gasteiger partial charge in [-0.1, -0.05) is 106 Å². The number of nitrogens with one attached hydrogen (secondary N) is 3. The van der Waals surface area contributed by atoms with Crippen LogP contribution in [0, 0.1) is 0 Å². The zero-order valence-electron chi connectivity index (χ0n) is 35.1. The predicted molar refractivity (Wildman–Crippen MR) is 239 cm³/mol. The molecular weight excluding hydrogens is 757 g/mol. The van der Waals surface area contributed by atoms with E-state index < -0.39 is 14.4 Å². The van der Waals surface area contributed by atoms with E-state index in [0.717, 1.165) is 42.8 Å². The SMILES string of the molecule is COc1cccc(CNC(=O)N2CCC(Nc3ccc(CCNC[C@H](O)COc4ccc(O[Si](c5ccccc5)(c5ccccc5)C(C)(C)C)cc4)cc3)CC2)c1OC. The normalized spacial score (nSPS) is 14.0. The summed E-state index contributed by atoms with van der Waals surface area (Å²) in [5.41, 5.74) is 3.16. The number of carbonyl (C=O) groups is 1. The minimum absolute atomic E-state index is 0.0742. The maximum atomic E-state index is 12.9. The summed E-state index contributed by atoms with van der Waals surface area (Å²) in [7, 11) is 0.477. The van der Waals surface area contributed by atoms with Gasteiger partial charge in [-0.25, -0.2) is 4.79 Å². The van der Waals surface area contributed by atoms with Gasteiger partial charge in [-0.2, -0.15) is 0 Å². The molecule has 1 aliphatic rings. The third-order valence-corrected chi connectivity index (χ3v) is 15.9. The van der Waals surface area contributed by atoms with E-state index in [1.165, 1.54) is 15.9 Å². The fourth-order valence-electron chi connectivity index (χ4n) is 7.79. The largest absolute Gasteiger partial charge is 0.534 e. The highest BCUT2D eigenvalue weighted by molar-refractivity contribution is 7.00. The van der Waals surface area contributed by atoms with Gasteiger partial charge in [0.1, 0.15) is 24.2 Å². The molecule has 59 heavy (non-hydrogen) atoms. The van der Waals surface area contributed by atoms with Crippen LogP contribution in [0.1, 0.15) is 44.7 Å². The molecule has 0 spiro atoms. The van der Waals surface area contributed by atoms with Crippen molar-refractivity contribution in [3.05, 3.63) is 139 Å². The number of para-hydroxylation sites is 1. The molecule has 1 heterocycles. The van der Waals surface area contributed by atoms with Crippen molar-refractivity contribution in [1.82, 2.24) is 15.5 Å². The molecule has 1 fully saturated rings. The maximum Gasteiger partial charge on any atom is 0.319 e. The first-order valence-electron chi connectivity index (χ1n) is 20.6. The fourth-order valence-corrected chi connectivity index (χ4v) is 12.2. The van der Waals surface area contributed by atoms with Crippen molar-refractivity contribution in [1.29, 1.82) is 0 Å². The van der Waals surface area contributed by atoms with E-state index in [4.69, 9.17) is 18.6 Å². The number of amides is 2. The Morgan fingerprint density at radius 2 is 1.42 bits per heavy atom. The summed E-state index contributed by atoms with van der Waals surface area (Å²) in [4.78, 5) is 14.8. The topological polar surface area (TPSA) is 114 Å². The summed E-state index contributed by atoms with van der Waals surface area (Å²) in [6.07, 6.45) is 1.94. The Labute approximate surface area is 351 Å². The highest BCUT2D eigenvalue weighted by Gasteiger charge is 2.52. The van der Waals surface area contributed by atoms with Gasteiger partial charge in [0, 0.05) is 43.5 Å². The average molecular weight is 817 g/mol. The molecule has 10 nitrogen and oxygen atoms in total. The van der Waals surface area contributed by atoms with Crippen LogP contribution in [0.2, 0.25) is 5.04 Å². The van der Waals surface area contributed by atoms with E-state index in [2.05, 4.69) is 110 Å². The van der Waals surface area contributed by atoms with Crippen molar-refractivity contribution >= 4 is 30.4 Å². The quantitative estimate of drug-likeness (QED) is 0.0553. The molecular formula is C48H60N4O6Si. The number of rotatable bonds is 18. The average Bonchev–Trinajstić information content (AvgIpc) is 3.26. The smallest absolute Gasteiger partial charge is 0.319 e. The van der Waals surface area contributed by atoms with Crippen LogP contribution in [0.4, 0.5) is 10.5 Å². The zero-order valence-corrected chi connectivity index (χ0v) is 36.1. The van der Waals surface area contributed by atoms with Crippen molar-refractivity contribution < 1.29 is 28.5 Å². The number of aliphatic hydroxyl groups is 1. The van der Waals surface area contributed by atoms with Gasteiger partial charge >= 0.3 is 14.3 Å². The Kier molecular flexibility index (Phi) is 14.9. The molecule has 5 aromatic carbocycles. The van der Waals surface area contributed by atoms with Crippen molar-refractivity contribution in [3.8, 4) is 23.0 Å². The Hall–Kier alpha value is -5.49. The molecule has 1 aliphatic heterocycles. The van der Waals surface area contributed by atoms with Crippen LogP contribution < -0.4 is 45.0 Å².